The van der Waals surface area contributed by atoms with Gasteiger partial charge in [-0.3, -0.25) is 9.36 Å². The first kappa shape index (κ1) is 22.8. The number of halogens is 4. The predicted octanol–water partition coefficient (Wildman–Crippen LogP) is 3.46. The lowest BCUT2D eigenvalue weighted by molar-refractivity contribution is 0.579. The summed E-state index contributed by atoms with van der Waals surface area (Å²) in [5.41, 5.74) is 10.2. The highest BCUT2D eigenvalue weighted by atomic mass is 35.5. The molecule has 0 saturated heterocycles. The smallest absolute Gasteiger partial charge is 0.267 e. The van der Waals surface area contributed by atoms with Crippen LogP contribution in [-0.4, -0.2) is 19.5 Å². The Kier molecular flexibility index (Phi) is 5.72. The van der Waals surface area contributed by atoms with E-state index < -0.39 is 34.1 Å². The number of nitriles is 1. The number of fused-ring (bicyclic) bond motifs is 1. The van der Waals surface area contributed by atoms with Gasteiger partial charge in [0.2, 0.25) is 5.95 Å². The normalized spacial score (nSPS) is 11.9. The molecule has 0 radical (unpaired) electrons. The van der Waals surface area contributed by atoms with E-state index in [1.807, 2.05) is 6.07 Å². The molecule has 4 aromatic rings. The third kappa shape index (κ3) is 3.93. The van der Waals surface area contributed by atoms with E-state index in [0.29, 0.717) is 6.07 Å². The van der Waals surface area contributed by atoms with E-state index in [9.17, 15) is 23.2 Å². The highest BCUT2D eigenvalue weighted by Crippen LogP contribution is 2.28. The first-order chi connectivity index (χ1) is 16.1. The monoisotopic (exact) mass is 486 g/mol. The van der Waals surface area contributed by atoms with Gasteiger partial charge in [-0.15, -0.1) is 0 Å². The zero-order valence-electron chi connectivity index (χ0n) is 17.3. The van der Waals surface area contributed by atoms with Crippen molar-refractivity contribution in [2.24, 2.45) is 0 Å². The molecular formula is C21H14ClF3N8O. The van der Waals surface area contributed by atoms with Crippen LogP contribution in [0.4, 0.5) is 30.8 Å². The first-order valence-corrected chi connectivity index (χ1v) is 9.95. The number of nitrogens with one attached hydrogen (secondary N) is 1. The van der Waals surface area contributed by atoms with E-state index in [1.54, 1.807) is 6.92 Å². The highest BCUT2D eigenvalue weighted by molar-refractivity contribution is 6.35. The van der Waals surface area contributed by atoms with Gasteiger partial charge in [0.25, 0.3) is 5.56 Å². The molecule has 0 saturated carbocycles. The molecule has 0 aliphatic rings. The molecule has 5 N–H and O–H groups in total. The van der Waals surface area contributed by atoms with Crippen LogP contribution in [0, 0.1) is 28.8 Å². The third-order valence-corrected chi connectivity index (χ3v) is 5.24. The van der Waals surface area contributed by atoms with Crippen LogP contribution < -0.4 is 22.3 Å². The van der Waals surface area contributed by atoms with Crippen molar-refractivity contribution in [1.82, 2.24) is 19.5 Å². The molecule has 0 spiro atoms. The standard InChI is InChI=1S/C21H14ClF3N8O/c1-8(29-18-12(7-26)17(27)31-21(28)32-18)19-30-14-3-2-13(25)16(22)15(14)20(34)33(19)11-5-9(23)4-10(24)6-11/h2-6,8H,1H3,(H5,27,28,29,31,32)/t8-/m0/s1. The van der Waals surface area contributed by atoms with Crippen molar-refractivity contribution in [2.75, 3.05) is 16.8 Å². The molecule has 0 bridgehead atoms. The van der Waals surface area contributed by atoms with Crippen molar-refractivity contribution in [3.05, 3.63) is 74.5 Å². The zero-order chi connectivity index (χ0) is 24.7. The second-order valence-electron chi connectivity index (χ2n) is 7.16. The number of anilines is 3. The van der Waals surface area contributed by atoms with Crippen LogP contribution in [0.1, 0.15) is 24.4 Å². The quantitative estimate of drug-likeness (QED) is 0.397. The number of nitrogen functional groups attached to an aromatic ring is 2. The second kappa shape index (κ2) is 8.53. The van der Waals surface area contributed by atoms with E-state index in [4.69, 9.17) is 23.1 Å². The minimum atomic E-state index is -0.956. The van der Waals surface area contributed by atoms with Gasteiger partial charge in [0.1, 0.15) is 40.7 Å². The third-order valence-electron chi connectivity index (χ3n) is 4.87. The van der Waals surface area contributed by atoms with Gasteiger partial charge in [0, 0.05) is 6.07 Å². The summed E-state index contributed by atoms with van der Waals surface area (Å²) in [6.45, 7) is 1.54. The van der Waals surface area contributed by atoms with Crippen LogP contribution in [0.2, 0.25) is 5.02 Å². The maximum Gasteiger partial charge on any atom is 0.267 e. The van der Waals surface area contributed by atoms with Crippen LogP contribution in [0.15, 0.2) is 35.1 Å². The fourth-order valence-corrected chi connectivity index (χ4v) is 3.66. The van der Waals surface area contributed by atoms with E-state index in [1.165, 1.54) is 6.07 Å². The van der Waals surface area contributed by atoms with Crippen molar-refractivity contribution in [2.45, 2.75) is 13.0 Å². The molecule has 0 aliphatic carbocycles. The molecule has 1 atom stereocenters. The Balaban J connectivity index is 2.00. The number of nitrogens with zero attached hydrogens (tertiary/aromatic N) is 5. The molecule has 34 heavy (non-hydrogen) atoms. The van der Waals surface area contributed by atoms with Gasteiger partial charge in [-0.1, -0.05) is 11.6 Å². The molecule has 2 aromatic carbocycles. The number of benzene rings is 2. The lowest BCUT2D eigenvalue weighted by Crippen LogP contribution is -2.28. The molecule has 0 fully saturated rings. The summed E-state index contributed by atoms with van der Waals surface area (Å²) in [5, 5.41) is 11.5. The lowest BCUT2D eigenvalue weighted by atomic mass is 10.2. The Morgan fingerprint density at radius 2 is 1.79 bits per heavy atom. The van der Waals surface area contributed by atoms with E-state index >= 15 is 0 Å². The topological polar surface area (TPSA) is 149 Å². The molecular weight excluding hydrogens is 473 g/mol. The van der Waals surface area contributed by atoms with Crippen LogP contribution in [-0.2, 0) is 0 Å². The molecule has 2 aromatic heterocycles. The van der Waals surface area contributed by atoms with Crippen LogP contribution in [0.5, 0.6) is 0 Å². The van der Waals surface area contributed by atoms with Gasteiger partial charge in [-0.2, -0.15) is 15.2 Å². The van der Waals surface area contributed by atoms with E-state index in [0.717, 1.165) is 22.8 Å². The fraction of sp³-hybridized carbons (Fsp3) is 0.0952. The average molecular weight is 487 g/mol. The molecule has 9 nitrogen and oxygen atoms in total. The van der Waals surface area contributed by atoms with Crippen molar-refractivity contribution in [3.8, 4) is 11.8 Å². The predicted molar refractivity (Wildman–Crippen MR) is 120 cm³/mol. The molecule has 4 rings (SSSR count). The number of rotatable bonds is 4. The molecule has 0 aliphatic heterocycles. The Morgan fingerprint density at radius 3 is 2.44 bits per heavy atom. The summed E-state index contributed by atoms with van der Waals surface area (Å²) in [5.74, 6) is -3.28. The lowest BCUT2D eigenvalue weighted by Gasteiger charge is -2.21. The maximum absolute atomic E-state index is 14.1. The Labute approximate surface area is 194 Å². The largest absolute Gasteiger partial charge is 0.382 e. The summed E-state index contributed by atoms with van der Waals surface area (Å²) in [6.07, 6.45) is 0. The van der Waals surface area contributed by atoms with Gasteiger partial charge < -0.3 is 16.8 Å². The van der Waals surface area contributed by atoms with Gasteiger partial charge in [0.15, 0.2) is 5.82 Å². The molecule has 0 unspecified atom stereocenters. The van der Waals surface area contributed by atoms with E-state index in [2.05, 4.69) is 20.3 Å². The summed E-state index contributed by atoms with van der Waals surface area (Å²) in [7, 11) is 0. The average Bonchev–Trinajstić information content (AvgIpc) is 2.75. The molecule has 0 amide bonds. The van der Waals surface area contributed by atoms with Crippen molar-refractivity contribution in [3.63, 3.8) is 0 Å². The van der Waals surface area contributed by atoms with Crippen molar-refractivity contribution >= 4 is 40.1 Å². The summed E-state index contributed by atoms with van der Waals surface area (Å²) < 4.78 is 43.0. The second-order valence-corrected chi connectivity index (χ2v) is 7.54. The van der Waals surface area contributed by atoms with Gasteiger partial charge in [-0.25, -0.2) is 18.2 Å². The summed E-state index contributed by atoms with van der Waals surface area (Å²) in [6, 6.07) is 5.65. The Morgan fingerprint density at radius 1 is 1.12 bits per heavy atom. The minimum Gasteiger partial charge on any atom is -0.382 e. The Bertz CT molecular complexity index is 1550. The molecule has 13 heteroatoms. The summed E-state index contributed by atoms with van der Waals surface area (Å²) in [4.78, 5) is 25.5. The minimum absolute atomic E-state index is 0.0374. The SMILES string of the molecule is C[C@H](Nc1nc(N)nc(N)c1C#N)c1nc2ccc(F)c(Cl)c2c(=O)n1-c1cc(F)cc(F)c1. The summed E-state index contributed by atoms with van der Waals surface area (Å²) >= 11 is 6.02. The number of hydrogen-bond acceptors (Lipinski definition) is 8. The number of aromatic nitrogens is 4. The van der Waals surface area contributed by atoms with Crippen LogP contribution in [0.3, 0.4) is 0 Å². The Hall–Kier alpha value is -4.37. The van der Waals surface area contributed by atoms with Gasteiger partial charge in [-0.05, 0) is 31.2 Å². The highest BCUT2D eigenvalue weighted by Gasteiger charge is 2.23. The van der Waals surface area contributed by atoms with Crippen molar-refractivity contribution < 1.29 is 13.2 Å². The van der Waals surface area contributed by atoms with Gasteiger partial charge >= 0.3 is 0 Å². The fourth-order valence-electron chi connectivity index (χ4n) is 3.42. The van der Waals surface area contributed by atoms with Crippen molar-refractivity contribution in [1.29, 1.82) is 5.26 Å². The number of hydrogen-bond donors (Lipinski definition) is 3. The van der Waals surface area contributed by atoms with Crippen LogP contribution in [0.25, 0.3) is 16.6 Å². The number of nitrogens with two attached hydrogens (primary N) is 2. The van der Waals surface area contributed by atoms with Gasteiger partial charge in [0.05, 0.1) is 27.7 Å². The molecule has 2 heterocycles. The van der Waals surface area contributed by atoms with Crippen LogP contribution >= 0.6 is 11.6 Å². The zero-order valence-corrected chi connectivity index (χ0v) is 18.0. The maximum atomic E-state index is 14.1. The first-order valence-electron chi connectivity index (χ1n) is 9.57. The molecule has 172 valence electrons. The van der Waals surface area contributed by atoms with E-state index in [-0.39, 0.29) is 45.6 Å².